The molecule has 0 aromatic heterocycles. The molecule has 1 aromatic carbocycles. The number of piperazine rings is 1. The summed E-state index contributed by atoms with van der Waals surface area (Å²) in [6.07, 6.45) is 0.664. The molecule has 1 saturated heterocycles. The van der Waals surface area contributed by atoms with Crippen LogP contribution in [0.15, 0.2) is 18.2 Å². The first-order chi connectivity index (χ1) is 8.72. The van der Waals surface area contributed by atoms with Gasteiger partial charge in [-0.1, -0.05) is 17.7 Å². The Hall–Kier alpha value is -0.810. The molecule has 4 nitrogen and oxygen atoms in total. The Morgan fingerprint density at radius 1 is 1.32 bits per heavy atom. The second-order valence-electron chi connectivity index (χ2n) is 4.88. The fourth-order valence-electron chi connectivity index (χ4n) is 2.59. The second-order valence-corrected chi connectivity index (χ2v) is 4.88. The number of benzene rings is 1. The van der Waals surface area contributed by atoms with Crippen LogP contribution in [0.3, 0.4) is 0 Å². The van der Waals surface area contributed by atoms with Crippen molar-refractivity contribution in [1.29, 1.82) is 0 Å². The van der Waals surface area contributed by atoms with Crippen LogP contribution in [0, 0.1) is 6.92 Å². The molecule has 1 heterocycles. The zero-order valence-corrected chi connectivity index (χ0v) is 12.1. The van der Waals surface area contributed by atoms with Gasteiger partial charge in [0.15, 0.2) is 0 Å². The Kier molecular flexibility index (Phi) is 6.58. The highest BCUT2D eigenvalue weighted by Crippen LogP contribution is 2.32. The normalized spacial score (nSPS) is 17.8. The summed E-state index contributed by atoms with van der Waals surface area (Å²) in [6, 6.07) is 5.79. The van der Waals surface area contributed by atoms with Crippen LogP contribution in [-0.4, -0.2) is 47.9 Å². The standard InChI is InChI=1S/C14H22N2O2.ClH/c1-11-2-3-14(18)12(10-11)13(4-9-17)16-7-5-15-6-8-16;/h2-3,10,13,15,17-18H,4-9H2,1H3;1H/t13-;/m1./s1. The Balaban J connectivity index is 0.00000180. The van der Waals surface area contributed by atoms with Crippen LogP contribution >= 0.6 is 12.4 Å². The molecule has 1 aliphatic heterocycles. The minimum atomic E-state index is 0. The molecule has 2 rings (SSSR count). The molecular formula is C14H23ClN2O2. The van der Waals surface area contributed by atoms with Gasteiger partial charge in [0.1, 0.15) is 5.75 Å². The molecule has 1 atom stereocenters. The largest absolute Gasteiger partial charge is 0.508 e. The highest BCUT2D eigenvalue weighted by molar-refractivity contribution is 5.85. The van der Waals surface area contributed by atoms with Crippen molar-refractivity contribution >= 4 is 12.4 Å². The monoisotopic (exact) mass is 286 g/mol. The van der Waals surface area contributed by atoms with Gasteiger partial charge in [0, 0.05) is 44.4 Å². The van der Waals surface area contributed by atoms with E-state index >= 15 is 0 Å². The zero-order chi connectivity index (χ0) is 13.0. The van der Waals surface area contributed by atoms with Gasteiger partial charge in [0.2, 0.25) is 0 Å². The van der Waals surface area contributed by atoms with E-state index in [1.165, 1.54) is 0 Å². The summed E-state index contributed by atoms with van der Waals surface area (Å²) in [6.45, 7) is 6.01. The maximum absolute atomic E-state index is 10.0. The molecule has 5 heteroatoms. The number of rotatable bonds is 4. The van der Waals surface area contributed by atoms with Crippen LogP contribution in [0.5, 0.6) is 5.75 Å². The predicted octanol–water partition coefficient (Wildman–Crippen LogP) is 1.45. The first kappa shape index (κ1) is 16.2. The molecule has 108 valence electrons. The highest BCUT2D eigenvalue weighted by atomic mass is 35.5. The van der Waals surface area contributed by atoms with E-state index in [0.717, 1.165) is 37.3 Å². The first-order valence-corrected chi connectivity index (χ1v) is 6.57. The van der Waals surface area contributed by atoms with Crippen molar-refractivity contribution in [3.8, 4) is 5.75 Å². The van der Waals surface area contributed by atoms with Crippen LogP contribution in [0.25, 0.3) is 0 Å². The molecule has 0 aliphatic carbocycles. The smallest absolute Gasteiger partial charge is 0.120 e. The Bertz CT molecular complexity index is 395. The summed E-state index contributed by atoms with van der Waals surface area (Å²) in [5.74, 6) is 0.331. The minimum absolute atomic E-state index is 0. The van der Waals surface area contributed by atoms with Gasteiger partial charge in [0.25, 0.3) is 0 Å². The molecule has 3 N–H and O–H groups in total. The number of aryl methyl sites for hydroxylation is 1. The molecular weight excluding hydrogens is 264 g/mol. The fourth-order valence-corrected chi connectivity index (χ4v) is 2.59. The summed E-state index contributed by atoms with van der Waals surface area (Å²) < 4.78 is 0. The summed E-state index contributed by atoms with van der Waals surface area (Å²) in [5.41, 5.74) is 2.08. The number of phenolic OH excluding ortho intramolecular Hbond substituents is 1. The van der Waals surface area contributed by atoms with E-state index in [2.05, 4.69) is 10.2 Å². The molecule has 0 spiro atoms. The Morgan fingerprint density at radius 3 is 2.63 bits per heavy atom. The number of aliphatic hydroxyl groups excluding tert-OH is 1. The maximum atomic E-state index is 10.0. The molecule has 0 unspecified atom stereocenters. The lowest BCUT2D eigenvalue weighted by Crippen LogP contribution is -2.45. The first-order valence-electron chi connectivity index (χ1n) is 6.57. The van der Waals surface area contributed by atoms with Crippen molar-refractivity contribution in [2.45, 2.75) is 19.4 Å². The summed E-state index contributed by atoms with van der Waals surface area (Å²) >= 11 is 0. The lowest BCUT2D eigenvalue weighted by Gasteiger charge is -2.35. The molecule has 0 bridgehead atoms. The van der Waals surface area contributed by atoms with Crippen LogP contribution < -0.4 is 5.32 Å². The number of halogens is 1. The van der Waals surface area contributed by atoms with E-state index in [0.29, 0.717) is 12.2 Å². The quantitative estimate of drug-likeness (QED) is 0.784. The van der Waals surface area contributed by atoms with E-state index in [-0.39, 0.29) is 25.1 Å². The Labute approximate surface area is 120 Å². The topological polar surface area (TPSA) is 55.7 Å². The average molecular weight is 287 g/mol. The van der Waals surface area contributed by atoms with Gasteiger partial charge in [-0.3, -0.25) is 4.90 Å². The summed E-state index contributed by atoms with van der Waals surface area (Å²) in [7, 11) is 0. The van der Waals surface area contributed by atoms with Crippen LogP contribution in [-0.2, 0) is 0 Å². The molecule has 0 radical (unpaired) electrons. The average Bonchev–Trinajstić information content (AvgIpc) is 2.40. The number of hydrogen-bond acceptors (Lipinski definition) is 4. The third-order valence-corrected chi connectivity index (χ3v) is 3.54. The lowest BCUT2D eigenvalue weighted by atomic mass is 9.98. The number of nitrogens with zero attached hydrogens (tertiary/aromatic N) is 1. The number of nitrogens with one attached hydrogen (secondary N) is 1. The van der Waals surface area contributed by atoms with Crippen LogP contribution in [0.4, 0.5) is 0 Å². The zero-order valence-electron chi connectivity index (χ0n) is 11.3. The van der Waals surface area contributed by atoms with Crippen molar-refractivity contribution < 1.29 is 10.2 Å². The van der Waals surface area contributed by atoms with Gasteiger partial charge in [-0.15, -0.1) is 12.4 Å². The number of hydrogen-bond donors (Lipinski definition) is 3. The van der Waals surface area contributed by atoms with Crippen LogP contribution in [0.1, 0.15) is 23.6 Å². The molecule has 1 aliphatic rings. The van der Waals surface area contributed by atoms with Crippen molar-refractivity contribution in [2.24, 2.45) is 0 Å². The molecule has 0 amide bonds. The van der Waals surface area contributed by atoms with E-state index in [4.69, 9.17) is 0 Å². The van der Waals surface area contributed by atoms with Gasteiger partial charge in [0.05, 0.1) is 0 Å². The van der Waals surface area contributed by atoms with E-state index in [1.807, 2.05) is 19.1 Å². The van der Waals surface area contributed by atoms with Crippen LogP contribution in [0.2, 0.25) is 0 Å². The highest BCUT2D eigenvalue weighted by Gasteiger charge is 2.23. The predicted molar refractivity (Wildman–Crippen MR) is 79.0 cm³/mol. The van der Waals surface area contributed by atoms with E-state index in [9.17, 15) is 10.2 Å². The minimum Gasteiger partial charge on any atom is -0.508 e. The van der Waals surface area contributed by atoms with E-state index < -0.39 is 0 Å². The molecule has 0 saturated carbocycles. The molecule has 1 aromatic rings. The van der Waals surface area contributed by atoms with Crippen molar-refractivity contribution in [1.82, 2.24) is 10.2 Å². The SMILES string of the molecule is Cc1ccc(O)c([C@@H](CCO)N2CCNCC2)c1.Cl. The summed E-state index contributed by atoms with van der Waals surface area (Å²) in [5, 5.41) is 22.6. The Morgan fingerprint density at radius 2 is 2.00 bits per heavy atom. The van der Waals surface area contributed by atoms with Gasteiger partial charge in [-0.2, -0.15) is 0 Å². The van der Waals surface area contributed by atoms with E-state index in [1.54, 1.807) is 6.07 Å². The molecule has 1 fully saturated rings. The van der Waals surface area contributed by atoms with Gasteiger partial charge < -0.3 is 15.5 Å². The summed E-state index contributed by atoms with van der Waals surface area (Å²) in [4.78, 5) is 2.33. The number of aromatic hydroxyl groups is 1. The second kappa shape index (κ2) is 7.70. The maximum Gasteiger partial charge on any atom is 0.120 e. The van der Waals surface area contributed by atoms with Crippen molar-refractivity contribution in [3.05, 3.63) is 29.3 Å². The third kappa shape index (κ3) is 4.08. The lowest BCUT2D eigenvalue weighted by molar-refractivity contribution is 0.139. The van der Waals surface area contributed by atoms with Crippen molar-refractivity contribution in [2.75, 3.05) is 32.8 Å². The van der Waals surface area contributed by atoms with Gasteiger partial charge >= 0.3 is 0 Å². The third-order valence-electron chi connectivity index (χ3n) is 3.54. The van der Waals surface area contributed by atoms with Gasteiger partial charge in [-0.25, -0.2) is 0 Å². The number of aliphatic hydroxyl groups is 1. The number of phenols is 1. The van der Waals surface area contributed by atoms with Gasteiger partial charge in [-0.05, 0) is 19.4 Å². The fraction of sp³-hybridized carbons (Fsp3) is 0.571. The van der Waals surface area contributed by atoms with Crippen molar-refractivity contribution in [3.63, 3.8) is 0 Å². The molecule has 19 heavy (non-hydrogen) atoms.